The van der Waals surface area contributed by atoms with E-state index in [0.717, 1.165) is 33.3 Å². The zero-order valence-corrected chi connectivity index (χ0v) is 23.8. The van der Waals surface area contributed by atoms with Gasteiger partial charge in [-0.25, -0.2) is 9.87 Å². The lowest BCUT2D eigenvalue weighted by Gasteiger charge is -2.13. The number of halogens is 2. The van der Waals surface area contributed by atoms with Gasteiger partial charge in [0.1, 0.15) is 11.5 Å². The Hall–Kier alpha value is -4.47. The van der Waals surface area contributed by atoms with Crippen molar-refractivity contribution in [2.24, 2.45) is 0 Å². The summed E-state index contributed by atoms with van der Waals surface area (Å²) in [6, 6.07) is 19.8. The Morgan fingerprint density at radius 1 is 1.02 bits per heavy atom. The molecule has 0 radical (unpaired) electrons. The first kappa shape index (κ1) is 29.0. The summed E-state index contributed by atoms with van der Waals surface area (Å²) >= 11 is 6.33. The Morgan fingerprint density at radius 3 is 2.52 bits per heavy atom. The van der Waals surface area contributed by atoms with Gasteiger partial charge in [-0.1, -0.05) is 66.0 Å². The number of nitrogens with zero attached hydrogens (tertiary/aromatic N) is 2. The minimum absolute atomic E-state index is 0.217. The topological polar surface area (TPSA) is 112 Å². The van der Waals surface area contributed by atoms with Crippen LogP contribution >= 0.6 is 11.6 Å². The van der Waals surface area contributed by atoms with Crippen molar-refractivity contribution in [1.82, 2.24) is 25.6 Å². The monoisotopic (exact) mass is 587 g/mol. The molecule has 2 amide bonds. The summed E-state index contributed by atoms with van der Waals surface area (Å²) in [5.41, 5.74) is 7.79. The number of fused-ring (bicyclic) bond motifs is 1. The molecule has 4 N–H and O–H groups in total. The maximum atomic E-state index is 13.8. The van der Waals surface area contributed by atoms with Crippen LogP contribution in [0.5, 0.6) is 0 Å². The maximum absolute atomic E-state index is 13.8. The van der Waals surface area contributed by atoms with Gasteiger partial charge in [0.15, 0.2) is 0 Å². The molecule has 0 unspecified atom stereocenters. The fourth-order valence-electron chi connectivity index (χ4n) is 5.00. The van der Waals surface area contributed by atoms with Crippen molar-refractivity contribution in [2.75, 3.05) is 6.54 Å². The average Bonchev–Trinajstić information content (AvgIpc) is 3.56. The van der Waals surface area contributed by atoms with E-state index in [-0.39, 0.29) is 18.1 Å². The van der Waals surface area contributed by atoms with Gasteiger partial charge in [0.25, 0.3) is 5.91 Å². The normalized spacial score (nSPS) is 11.1. The van der Waals surface area contributed by atoms with Crippen LogP contribution in [-0.4, -0.2) is 38.3 Å². The third kappa shape index (κ3) is 6.53. The maximum Gasteiger partial charge on any atom is 0.268 e. The molecule has 5 aromatic rings. The predicted molar refractivity (Wildman–Crippen MR) is 161 cm³/mol. The number of hydroxylamine groups is 1. The number of aromatic nitrogens is 3. The summed E-state index contributed by atoms with van der Waals surface area (Å²) in [6.45, 7) is 2.89. The molecule has 8 nitrogen and oxygen atoms in total. The lowest BCUT2D eigenvalue weighted by Crippen LogP contribution is -2.25. The van der Waals surface area contributed by atoms with Gasteiger partial charge in [0.2, 0.25) is 5.91 Å². The Morgan fingerprint density at radius 2 is 1.79 bits per heavy atom. The van der Waals surface area contributed by atoms with E-state index >= 15 is 0 Å². The largest absolute Gasteiger partial charge is 0.351 e. The predicted octanol–water partition coefficient (Wildman–Crippen LogP) is 6.64. The smallest absolute Gasteiger partial charge is 0.268 e. The fourth-order valence-corrected chi connectivity index (χ4v) is 5.17. The van der Waals surface area contributed by atoms with E-state index in [1.165, 1.54) is 12.1 Å². The summed E-state index contributed by atoms with van der Waals surface area (Å²) in [5.74, 6) is -1.07. The molecule has 0 atom stereocenters. The first-order valence-corrected chi connectivity index (χ1v) is 14.1. The number of carbonyl (C=O) groups excluding carboxylic acids is 2. The van der Waals surface area contributed by atoms with E-state index in [2.05, 4.69) is 10.3 Å². The van der Waals surface area contributed by atoms with Crippen molar-refractivity contribution in [1.29, 1.82) is 0 Å². The fraction of sp³-hybridized carbons (Fsp3) is 0.219. The molecule has 0 fully saturated rings. The number of rotatable bonds is 11. The number of benzene rings is 3. The highest BCUT2D eigenvalue weighted by atomic mass is 35.5. The van der Waals surface area contributed by atoms with Crippen molar-refractivity contribution in [2.45, 2.75) is 39.2 Å². The molecule has 2 heterocycles. The van der Waals surface area contributed by atoms with Crippen LogP contribution in [0.1, 0.15) is 47.3 Å². The van der Waals surface area contributed by atoms with Crippen LogP contribution in [0.3, 0.4) is 0 Å². The number of nitrogens with one attached hydrogen (secondary N) is 3. The molecule has 0 aliphatic heterocycles. The van der Waals surface area contributed by atoms with E-state index in [0.29, 0.717) is 54.1 Å². The molecule has 5 rings (SSSR count). The van der Waals surface area contributed by atoms with Gasteiger partial charge < -0.3 is 10.3 Å². The Balaban J connectivity index is 1.55. The second kappa shape index (κ2) is 13.0. The van der Waals surface area contributed by atoms with E-state index in [1.54, 1.807) is 35.9 Å². The lowest BCUT2D eigenvalue weighted by molar-refractivity contribution is -0.129. The van der Waals surface area contributed by atoms with Gasteiger partial charge in [-0.05, 0) is 55.2 Å². The van der Waals surface area contributed by atoms with Crippen LogP contribution in [0.25, 0.3) is 33.3 Å². The zero-order valence-electron chi connectivity index (χ0n) is 23.1. The third-order valence-corrected chi connectivity index (χ3v) is 7.40. The third-order valence-electron chi connectivity index (χ3n) is 7.16. The number of unbranched alkanes of at least 4 members (excludes halogenated alkanes) is 2. The summed E-state index contributed by atoms with van der Waals surface area (Å²) in [7, 11) is 0. The number of aromatic amines is 1. The molecule has 42 heavy (non-hydrogen) atoms. The molecular formula is C32H31ClFN5O3. The standard InChI is InChI=1S/C32H31ClFN5O3/c1-20-6-8-21(9-7-20)19-39-31(26(18-36-39)22-10-13-24(34)14-11-22)29-25-15-12-23(33)17-27(25)37-30(29)32(41)35-16-4-2-3-5-28(40)38-42/h6-15,17-18,37,42H,2-5,16,19H2,1H3,(H,35,41)(H,38,40). The van der Waals surface area contributed by atoms with E-state index in [1.807, 2.05) is 41.9 Å². The first-order valence-electron chi connectivity index (χ1n) is 13.7. The Labute approximate surface area is 247 Å². The summed E-state index contributed by atoms with van der Waals surface area (Å²) in [5, 5.41) is 17.7. The van der Waals surface area contributed by atoms with Gasteiger partial charge in [-0.2, -0.15) is 5.10 Å². The molecule has 0 aliphatic carbocycles. The van der Waals surface area contributed by atoms with Crippen LogP contribution in [-0.2, 0) is 11.3 Å². The van der Waals surface area contributed by atoms with Crippen molar-refractivity contribution in [3.05, 3.63) is 101 Å². The molecule has 0 spiro atoms. The molecule has 0 bridgehead atoms. The summed E-state index contributed by atoms with van der Waals surface area (Å²) in [6.07, 6.45) is 3.93. The molecule has 216 valence electrons. The van der Waals surface area contributed by atoms with Crippen LogP contribution in [0.2, 0.25) is 5.02 Å². The van der Waals surface area contributed by atoms with Gasteiger partial charge in [-0.15, -0.1) is 0 Å². The number of carbonyl (C=O) groups is 2. The van der Waals surface area contributed by atoms with E-state index in [9.17, 15) is 14.0 Å². The molecule has 2 aromatic heterocycles. The van der Waals surface area contributed by atoms with Gasteiger partial charge in [-0.3, -0.25) is 19.5 Å². The lowest BCUT2D eigenvalue weighted by atomic mass is 9.98. The minimum atomic E-state index is -0.431. The number of hydrogen-bond acceptors (Lipinski definition) is 4. The van der Waals surface area contributed by atoms with Crippen LogP contribution in [0.15, 0.2) is 72.9 Å². The quantitative estimate of drug-likeness (QED) is 0.0788. The molecule has 0 saturated carbocycles. The van der Waals surface area contributed by atoms with Crippen LogP contribution < -0.4 is 10.8 Å². The summed E-state index contributed by atoms with van der Waals surface area (Å²) in [4.78, 5) is 28.2. The average molecular weight is 588 g/mol. The van der Waals surface area contributed by atoms with Crippen molar-refractivity contribution < 1.29 is 19.2 Å². The highest BCUT2D eigenvalue weighted by Crippen LogP contribution is 2.40. The number of hydrogen-bond donors (Lipinski definition) is 4. The molecule has 3 aromatic carbocycles. The second-order valence-corrected chi connectivity index (χ2v) is 10.7. The number of H-pyrrole nitrogens is 1. The Kier molecular flexibility index (Phi) is 9.00. The van der Waals surface area contributed by atoms with Crippen molar-refractivity contribution in [3.8, 4) is 22.4 Å². The zero-order chi connectivity index (χ0) is 29.6. The SMILES string of the molecule is Cc1ccc(Cn2ncc(-c3ccc(F)cc3)c2-c2c(C(=O)NCCCCCC(=O)NO)[nH]c3cc(Cl)ccc23)cc1. The van der Waals surface area contributed by atoms with Crippen molar-refractivity contribution >= 4 is 34.3 Å². The molecule has 0 aliphatic rings. The first-order chi connectivity index (χ1) is 20.3. The van der Waals surface area contributed by atoms with Crippen LogP contribution in [0.4, 0.5) is 4.39 Å². The Bertz CT molecular complexity index is 1710. The van der Waals surface area contributed by atoms with E-state index < -0.39 is 5.91 Å². The second-order valence-electron chi connectivity index (χ2n) is 10.2. The van der Waals surface area contributed by atoms with Crippen LogP contribution in [0, 0.1) is 12.7 Å². The number of aryl methyl sites for hydroxylation is 1. The minimum Gasteiger partial charge on any atom is -0.351 e. The van der Waals surface area contributed by atoms with Gasteiger partial charge in [0, 0.05) is 40.0 Å². The number of amides is 2. The van der Waals surface area contributed by atoms with Crippen molar-refractivity contribution in [3.63, 3.8) is 0 Å². The van der Waals surface area contributed by atoms with Gasteiger partial charge in [0.05, 0.1) is 18.4 Å². The van der Waals surface area contributed by atoms with Gasteiger partial charge >= 0.3 is 0 Å². The summed E-state index contributed by atoms with van der Waals surface area (Å²) < 4.78 is 15.7. The highest BCUT2D eigenvalue weighted by Gasteiger charge is 2.26. The van der Waals surface area contributed by atoms with E-state index in [4.69, 9.17) is 21.9 Å². The molecular weight excluding hydrogens is 557 g/mol. The molecule has 10 heteroatoms. The highest BCUT2D eigenvalue weighted by molar-refractivity contribution is 6.31. The molecule has 0 saturated heterocycles.